The summed E-state index contributed by atoms with van der Waals surface area (Å²) in [5.41, 5.74) is -0.884. The molecule has 0 aliphatic rings. The van der Waals surface area contributed by atoms with Gasteiger partial charge in [0.15, 0.2) is 0 Å². The van der Waals surface area contributed by atoms with Crippen LogP contribution >= 0.6 is 23.2 Å². The van der Waals surface area contributed by atoms with Crippen LogP contribution in [0.15, 0.2) is 12.1 Å². The van der Waals surface area contributed by atoms with Crippen LogP contribution in [0, 0.1) is 17.7 Å². The first kappa shape index (κ1) is 14.3. The van der Waals surface area contributed by atoms with E-state index in [2.05, 4.69) is 11.8 Å². The average Bonchev–Trinajstić information content (AvgIpc) is 2.23. The molecule has 1 nitrogen and oxygen atoms in total. The van der Waals surface area contributed by atoms with E-state index >= 15 is 0 Å². The maximum absolute atomic E-state index is 13.3. The predicted octanol–water partition coefficient (Wildman–Crippen LogP) is 4.14. The van der Waals surface area contributed by atoms with Crippen molar-refractivity contribution in [2.45, 2.75) is 32.3 Å². The first-order valence-electron chi connectivity index (χ1n) is 5.15. The summed E-state index contributed by atoms with van der Waals surface area (Å²) in [4.78, 5) is 0. The molecule has 0 saturated carbocycles. The first-order chi connectivity index (χ1) is 7.88. The second kappa shape index (κ2) is 5.73. The van der Waals surface area contributed by atoms with Crippen LogP contribution in [0.4, 0.5) is 4.39 Å². The number of hydrogen-bond donors (Lipinski definition) is 1. The minimum atomic E-state index is -1.22. The summed E-state index contributed by atoms with van der Waals surface area (Å²) in [5.74, 6) is 4.99. The number of benzene rings is 1. The van der Waals surface area contributed by atoms with E-state index in [9.17, 15) is 9.50 Å². The number of halogens is 3. The summed E-state index contributed by atoms with van der Waals surface area (Å²) in [5, 5.41) is 10.4. The van der Waals surface area contributed by atoms with Gasteiger partial charge < -0.3 is 5.11 Å². The molecule has 0 aliphatic heterocycles. The highest BCUT2D eigenvalue weighted by Gasteiger charge is 2.26. The minimum absolute atomic E-state index is 0.0529. The van der Waals surface area contributed by atoms with Gasteiger partial charge in [0.05, 0.1) is 10.6 Å². The molecule has 17 heavy (non-hydrogen) atoms. The number of hydrogen-bond acceptors (Lipinski definition) is 1. The Balaban J connectivity index is 3.04. The fourth-order valence-electron chi connectivity index (χ4n) is 1.50. The van der Waals surface area contributed by atoms with Crippen molar-refractivity contribution in [1.82, 2.24) is 0 Å². The maximum atomic E-state index is 13.3. The van der Waals surface area contributed by atoms with Crippen LogP contribution < -0.4 is 0 Å². The Bertz CT molecular complexity index is 472. The largest absolute Gasteiger partial charge is 0.385 e. The van der Waals surface area contributed by atoms with E-state index < -0.39 is 11.4 Å². The molecule has 0 aliphatic carbocycles. The van der Waals surface area contributed by atoms with Crippen LogP contribution in [0.1, 0.15) is 32.3 Å². The van der Waals surface area contributed by atoms with Crippen LogP contribution in [0.25, 0.3) is 0 Å². The van der Waals surface area contributed by atoms with Crippen LogP contribution in [0.3, 0.4) is 0 Å². The Morgan fingerprint density at radius 2 is 2.00 bits per heavy atom. The van der Waals surface area contributed by atoms with Crippen molar-refractivity contribution in [3.8, 4) is 11.8 Å². The summed E-state index contributed by atoms with van der Waals surface area (Å²) >= 11 is 11.6. The van der Waals surface area contributed by atoms with Crippen molar-refractivity contribution in [1.29, 1.82) is 0 Å². The Kier molecular flexibility index (Phi) is 4.82. The van der Waals surface area contributed by atoms with E-state index in [0.29, 0.717) is 18.4 Å². The lowest BCUT2D eigenvalue weighted by Gasteiger charge is -2.24. The van der Waals surface area contributed by atoms with Crippen LogP contribution in [0.2, 0.25) is 10.0 Å². The van der Waals surface area contributed by atoms with Gasteiger partial charge in [-0.05, 0) is 32.4 Å². The van der Waals surface area contributed by atoms with Gasteiger partial charge in [0.1, 0.15) is 5.82 Å². The average molecular weight is 275 g/mol. The van der Waals surface area contributed by atoms with Gasteiger partial charge >= 0.3 is 0 Å². The summed E-state index contributed by atoms with van der Waals surface area (Å²) in [6.45, 7) is 3.31. The van der Waals surface area contributed by atoms with Crippen molar-refractivity contribution < 1.29 is 9.50 Å². The van der Waals surface area contributed by atoms with Gasteiger partial charge in [-0.3, -0.25) is 0 Å². The van der Waals surface area contributed by atoms with Gasteiger partial charge in [0.2, 0.25) is 0 Å². The van der Waals surface area contributed by atoms with Gasteiger partial charge in [-0.25, -0.2) is 4.39 Å². The molecule has 1 aromatic rings. The molecule has 0 aromatic heterocycles. The zero-order chi connectivity index (χ0) is 13.1. The zero-order valence-corrected chi connectivity index (χ0v) is 11.2. The zero-order valence-electron chi connectivity index (χ0n) is 9.65. The molecular weight excluding hydrogens is 262 g/mol. The summed E-state index contributed by atoms with van der Waals surface area (Å²) in [6, 6.07) is 2.47. The number of aliphatic hydroxyl groups is 1. The molecule has 0 heterocycles. The SMILES string of the molecule is CC#CCCC(C)(O)c1cc(F)c(Cl)cc1Cl. The van der Waals surface area contributed by atoms with Gasteiger partial charge in [-0.1, -0.05) is 23.2 Å². The quantitative estimate of drug-likeness (QED) is 0.649. The third kappa shape index (κ3) is 3.61. The van der Waals surface area contributed by atoms with E-state index in [1.807, 2.05) is 0 Å². The highest BCUT2D eigenvalue weighted by atomic mass is 35.5. The van der Waals surface area contributed by atoms with Gasteiger partial charge in [0, 0.05) is 17.0 Å². The molecule has 1 rings (SSSR count). The molecule has 0 amide bonds. The Hall–Kier alpha value is -0.750. The number of rotatable bonds is 3. The summed E-state index contributed by atoms with van der Waals surface area (Å²) in [6.07, 6.45) is 0.901. The van der Waals surface area contributed by atoms with E-state index in [0.717, 1.165) is 0 Å². The topological polar surface area (TPSA) is 20.2 Å². The third-order valence-corrected chi connectivity index (χ3v) is 3.11. The van der Waals surface area contributed by atoms with Crippen LogP contribution in [-0.4, -0.2) is 5.11 Å². The fourth-order valence-corrected chi connectivity index (χ4v) is 2.09. The highest BCUT2D eigenvalue weighted by Crippen LogP contribution is 2.34. The molecule has 0 saturated heterocycles. The Morgan fingerprint density at radius 3 is 2.59 bits per heavy atom. The third-order valence-electron chi connectivity index (χ3n) is 2.50. The first-order valence-corrected chi connectivity index (χ1v) is 5.91. The Morgan fingerprint density at radius 1 is 1.35 bits per heavy atom. The smallest absolute Gasteiger partial charge is 0.142 e. The second-order valence-corrected chi connectivity index (χ2v) is 4.76. The van der Waals surface area contributed by atoms with E-state index in [1.165, 1.54) is 12.1 Å². The van der Waals surface area contributed by atoms with Crippen molar-refractivity contribution >= 4 is 23.2 Å². The highest BCUT2D eigenvalue weighted by molar-refractivity contribution is 6.35. The molecule has 1 aromatic carbocycles. The lowest BCUT2D eigenvalue weighted by Crippen LogP contribution is -2.21. The van der Waals surface area contributed by atoms with Gasteiger partial charge in [0.25, 0.3) is 0 Å². The molecule has 0 fully saturated rings. The molecule has 0 radical (unpaired) electrons. The predicted molar refractivity (Wildman–Crippen MR) is 68.7 cm³/mol. The standard InChI is InChI=1S/C13H13Cl2FO/c1-3-4-5-6-13(2,17)9-7-12(16)11(15)8-10(9)14/h7-8,17H,5-6H2,1-2H3. The minimum Gasteiger partial charge on any atom is -0.385 e. The van der Waals surface area contributed by atoms with Gasteiger partial charge in [-0.2, -0.15) is 0 Å². The lowest BCUT2D eigenvalue weighted by atomic mass is 9.91. The molecule has 0 spiro atoms. The van der Waals surface area contributed by atoms with Crippen LogP contribution in [0.5, 0.6) is 0 Å². The van der Waals surface area contributed by atoms with E-state index in [-0.39, 0.29) is 10.0 Å². The molecular formula is C13H13Cl2FO. The molecule has 1 N–H and O–H groups in total. The monoisotopic (exact) mass is 274 g/mol. The van der Waals surface area contributed by atoms with Crippen molar-refractivity contribution in [2.24, 2.45) is 0 Å². The molecule has 1 unspecified atom stereocenters. The molecule has 4 heteroatoms. The van der Waals surface area contributed by atoms with Crippen LogP contribution in [-0.2, 0) is 5.60 Å². The second-order valence-electron chi connectivity index (χ2n) is 3.95. The lowest BCUT2D eigenvalue weighted by molar-refractivity contribution is 0.0492. The maximum Gasteiger partial charge on any atom is 0.142 e. The Labute approximate surface area is 111 Å². The van der Waals surface area contributed by atoms with Gasteiger partial charge in [-0.15, -0.1) is 11.8 Å². The molecule has 92 valence electrons. The van der Waals surface area contributed by atoms with E-state index in [4.69, 9.17) is 23.2 Å². The van der Waals surface area contributed by atoms with Crippen molar-refractivity contribution in [2.75, 3.05) is 0 Å². The van der Waals surface area contributed by atoms with Crippen molar-refractivity contribution in [3.63, 3.8) is 0 Å². The van der Waals surface area contributed by atoms with E-state index in [1.54, 1.807) is 13.8 Å². The molecule has 0 bridgehead atoms. The summed E-state index contributed by atoms with van der Waals surface area (Å²) in [7, 11) is 0. The normalized spacial score (nSPS) is 13.8. The van der Waals surface area contributed by atoms with Crippen molar-refractivity contribution in [3.05, 3.63) is 33.6 Å². The fraction of sp³-hybridized carbons (Fsp3) is 0.385. The molecule has 1 atom stereocenters. The summed E-state index contributed by atoms with van der Waals surface area (Å²) < 4.78 is 13.3.